The molecule has 0 radical (unpaired) electrons. The van der Waals surface area contributed by atoms with E-state index in [1.807, 2.05) is 18.2 Å². The van der Waals surface area contributed by atoms with Gasteiger partial charge < -0.3 is 14.7 Å². The van der Waals surface area contributed by atoms with Crippen molar-refractivity contribution in [1.82, 2.24) is 9.88 Å². The van der Waals surface area contributed by atoms with Gasteiger partial charge >= 0.3 is 0 Å². The van der Waals surface area contributed by atoms with Crippen LogP contribution < -0.4 is 4.74 Å². The number of hydrogen-bond acceptors (Lipinski definition) is 4. The summed E-state index contributed by atoms with van der Waals surface area (Å²) in [5.41, 5.74) is 1.08. The lowest BCUT2D eigenvalue weighted by molar-refractivity contribution is 0.0737. The Morgan fingerprint density at radius 3 is 2.90 bits per heavy atom. The molecule has 0 aliphatic rings. The fraction of sp³-hybridized carbons (Fsp3) is 0.250. The first-order valence-electron chi connectivity index (χ1n) is 6.65. The molecule has 1 N–H and O–H groups in total. The molecule has 0 fully saturated rings. The summed E-state index contributed by atoms with van der Waals surface area (Å²) < 4.78 is 5.16. The van der Waals surface area contributed by atoms with Crippen molar-refractivity contribution in [3.05, 3.63) is 48.7 Å². The summed E-state index contributed by atoms with van der Waals surface area (Å²) in [7, 11) is 1.61. The van der Waals surface area contributed by atoms with Crippen LogP contribution in [0.25, 0.3) is 10.9 Å². The van der Waals surface area contributed by atoms with Crippen molar-refractivity contribution in [3.63, 3.8) is 0 Å². The zero-order valence-electron chi connectivity index (χ0n) is 12.0. The highest BCUT2D eigenvalue weighted by Gasteiger charge is 2.15. The van der Waals surface area contributed by atoms with Gasteiger partial charge in [-0.05, 0) is 24.3 Å². The van der Waals surface area contributed by atoms with Gasteiger partial charge in [-0.1, -0.05) is 12.1 Å². The Morgan fingerprint density at radius 1 is 1.43 bits per heavy atom. The molecule has 1 aromatic carbocycles. The Kier molecular flexibility index (Phi) is 4.90. The number of rotatable bonds is 6. The number of ether oxygens (including phenoxy) is 1. The van der Waals surface area contributed by atoms with Gasteiger partial charge in [0.15, 0.2) is 0 Å². The maximum absolute atomic E-state index is 12.4. The third-order valence-electron chi connectivity index (χ3n) is 3.12. The maximum Gasteiger partial charge on any atom is 0.272 e. The first kappa shape index (κ1) is 15.0. The molecule has 21 heavy (non-hydrogen) atoms. The number of benzene rings is 1. The number of methoxy groups -OCH3 is 1. The number of fused-ring (bicyclic) bond motifs is 1. The fourth-order valence-corrected chi connectivity index (χ4v) is 2.06. The molecule has 1 heterocycles. The van der Waals surface area contributed by atoms with E-state index in [-0.39, 0.29) is 19.1 Å². The number of hydrogen-bond donors (Lipinski definition) is 1. The monoisotopic (exact) mass is 286 g/mol. The van der Waals surface area contributed by atoms with Crippen LogP contribution in [0.15, 0.2) is 43.0 Å². The fourth-order valence-electron chi connectivity index (χ4n) is 2.06. The minimum absolute atomic E-state index is 0.0929. The summed E-state index contributed by atoms with van der Waals surface area (Å²) in [5.74, 6) is 0.526. The number of pyridine rings is 1. The molecule has 1 aromatic heterocycles. The Morgan fingerprint density at radius 2 is 2.24 bits per heavy atom. The number of amides is 1. The quantitative estimate of drug-likeness (QED) is 0.823. The third-order valence-corrected chi connectivity index (χ3v) is 3.12. The van der Waals surface area contributed by atoms with Gasteiger partial charge in [0.05, 0.1) is 19.2 Å². The summed E-state index contributed by atoms with van der Waals surface area (Å²) in [6.45, 7) is 4.16. The first-order chi connectivity index (χ1) is 10.2. The van der Waals surface area contributed by atoms with Crippen molar-refractivity contribution in [3.8, 4) is 5.75 Å². The van der Waals surface area contributed by atoms with Gasteiger partial charge in [-0.25, -0.2) is 4.98 Å². The van der Waals surface area contributed by atoms with E-state index in [1.54, 1.807) is 25.3 Å². The standard InChI is InChI=1S/C16H18N2O3/c1-3-8-18(9-10-19)16(20)15-6-4-12-11-13(21-2)5-7-14(12)17-15/h3-7,11,19H,1,8-10H2,2H3. The number of nitrogens with zero attached hydrogens (tertiary/aromatic N) is 2. The van der Waals surface area contributed by atoms with E-state index in [1.165, 1.54) is 4.90 Å². The topological polar surface area (TPSA) is 62.7 Å². The number of aliphatic hydroxyl groups excluding tert-OH is 1. The van der Waals surface area contributed by atoms with Crippen LogP contribution in [0, 0.1) is 0 Å². The maximum atomic E-state index is 12.4. The second-order valence-electron chi connectivity index (χ2n) is 4.52. The van der Waals surface area contributed by atoms with Crippen LogP contribution in [0.1, 0.15) is 10.5 Å². The van der Waals surface area contributed by atoms with E-state index >= 15 is 0 Å². The molecule has 0 atom stereocenters. The Hall–Kier alpha value is -2.40. The molecule has 0 spiro atoms. The summed E-state index contributed by atoms with van der Waals surface area (Å²) in [4.78, 5) is 18.2. The number of carbonyl (C=O) groups is 1. The van der Waals surface area contributed by atoms with E-state index in [0.29, 0.717) is 12.2 Å². The summed E-state index contributed by atoms with van der Waals surface area (Å²) in [6, 6.07) is 9.00. The van der Waals surface area contributed by atoms with Gasteiger partial charge in [-0.2, -0.15) is 0 Å². The van der Waals surface area contributed by atoms with Crippen LogP contribution >= 0.6 is 0 Å². The average Bonchev–Trinajstić information content (AvgIpc) is 2.53. The molecule has 1 amide bonds. The van der Waals surface area contributed by atoms with Gasteiger partial charge in [0.2, 0.25) is 0 Å². The van der Waals surface area contributed by atoms with Crippen LogP contribution in [0.2, 0.25) is 0 Å². The molecule has 2 rings (SSSR count). The molecule has 0 unspecified atom stereocenters. The highest BCUT2D eigenvalue weighted by atomic mass is 16.5. The van der Waals surface area contributed by atoms with Crippen molar-refractivity contribution in [2.24, 2.45) is 0 Å². The molecule has 0 bridgehead atoms. The van der Waals surface area contributed by atoms with Gasteiger partial charge in [0.25, 0.3) is 5.91 Å². The zero-order chi connectivity index (χ0) is 15.2. The molecule has 0 saturated carbocycles. The summed E-state index contributed by atoms with van der Waals surface area (Å²) >= 11 is 0. The normalized spacial score (nSPS) is 10.4. The average molecular weight is 286 g/mol. The van der Waals surface area contributed by atoms with Crippen molar-refractivity contribution >= 4 is 16.8 Å². The minimum atomic E-state index is -0.221. The van der Waals surface area contributed by atoms with E-state index in [0.717, 1.165) is 16.7 Å². The van der Waals surface area contributed by atoms with E-state index in [9.17, 15) is 4.79 Å². The van der Waals surface area contributed by atoms with Crippen LogP contribution in [-0.2, 0) is 0 Å². The van der Waals surface area contributed by atoms with E-state index in [4.69, 9.17) is 9.84 Å². The SMILES string of the molecule is C=CCN(CCO)C(=O)c1ccc2cc(OC)ccc2n1. The lowest BCUT2D eigenvalue weighted by atomic mass is 10.2. The summed E-state index contributed by atoms with van der Waals surface area (Å²) in [5, 5.41) is 9.93. The molecule has 5 heteroatoms. The van der Waals surface area contributed by atoms with Crippen LogP contribution in [0.3, 0.4) is 0 Å². The van der Waals surface area contributed by atoms with Gasteiger partial charge in [-0.3, -0.25) is 4.79 Å². The second-order valence-corrected chi connectivity index (χ2v) is 4.52. The van der Waals surface area contributed by atoms with Gasteiger partial charge in [-0.15, -0.1) is 6.58 Å². The predicted octanol–water partition coefficient (Wildman–Crippen LogP) is 1.86. The molecule has 0 saturated heterocycles. The Labute approximate surface area is 123 Å². The van der Waals surface area contributed by atoms with Crippen molar-refractivity contribution in [2.75, 3.05) is 26.8 Å². The molecule has 0 aliphatic heterocycles. The number of aliphatic hydroxyl groups is 1. The summed E-state index contributed by atoms with van der Waals surface area (Å²) in [6.07, 6.45) is 1.62. The molecular formula is C16H18N2O3. The highest BCUT2D eigenvalue weighted by Crippen LogP contribution is 2.20. The lowest BCUT2D eigenvalue weighted by Crippen LogP contribution is -2.34. The highest BCUT2D eigenvalue weighted by molar-refractivity contribution is 5.95. The predicted molar refractivity (Wildman–Crippen MR) is 81.5 cm³/mol. The largest absolute Gasteiger partial charge is 0.497 e. The van der Waals surface area contributed by atoms with Crippen LogP contribution in [0.4, 0.5) is 0 Å². The van der Waals surface area contributed by atoms with Crippen LogP contribution in [-0.4, -0.2) is 47.7 Å². The third kappa shape index (κ3) is 3.38. The smallest absolute Gasteiger partial charge is 0.272 e. The van der Waals surface area contributed by atoms with Gasteiger partial charge in [0, 0.05) is 18.5 Å². The second kappa shape index (κ2) is 6.85. The lowest BCUT2D eigenvalue weighted by Gasteiger charge is -2.19. The Bertz CT molecular complexity index is 655. The number of aromatic nitrogens is 1. The zero-order valence-corrected chi connectivity index (χ0v) is 12.0. The molecule has 110 valence electrons. The van der Waals surface area contributed by atoms with E-state index < -0.39 is 0 Å². The number of carbonyl (C=O) groups excluding carboxylic acids is 1. The minimum Gasteiger partial charge on any atom is -0.497 e. The molecule has 2 aromatic rings. The van der Waals surface area contributed by atoms with Crippen molar-refractivity contribution < 1.29 is 14.6 Å². The molecule has 0 aliphatic carbocycles. The van der Waals surface area contributed by atoms with Crippen LogP contribution in [0.5, 0.6) is 5.75 Å². The molecule has 5 nitrogen and oxygen atoms in total. The van der Waals surface area contributed by atoms with Gasteiger partial charge in [0.1, 0.15) is 11.4 Å². The van der Waals surface area contributed by atoms with Crippen molar-refractivity contribution in [1.29, 1.82) is 0 Å². The Balaban J connectivity index is 2.32. The van der Waals surface area contributed by atoms with Crippen molar-refractivity contribution in [2.45, 2.75) is 0 Å². The molecular weight excluding hydrogens is 268 g/mol. The first-order valence-corrected chi connectivity index (χ1v) is 6.65. The van der Waals surface area contributed by atoms with E-state index in [2.05, 4.69) is 11.6 Å².